The molecule has 9 heteroatoms. The second-order valence-electron chi connectivity index (χ2n) is 6.70. The first-order valence-electron chi connectivity index (χ1n) is 8.94. The Hall–Kier alpha value is -2.23. The van der Waals surface area contributed by atoms with Crippen LogP contribution in [-0.4, -0.2) is 44.2 Å². The van der Waals surface area contributed by atoms with Crippen LogP contribution in [0, 0.1) is 0 Å². The number of hydrogen-bond donors (Lipinski definition) is 3. The zero-order valence-corrected chi connectivity index (χ0v) is 16.3. The van der Waals surface area contributed by atoms with Crippen molar-refractivity contribution in [2.24, 2.45) is 0 Å². The fraction of sp³-hybridized carbons (Fsp3) is 0.444. The van der Waals surface area contributed by atoms with E-state index in [4.69, 9.17) is 0 Å². The number of nitrogens with one attached hydrogen (secondary N) is 3. The molecule has 8 nitrogen and oxygen atoms in total. The van der Waals surface area contributed by atoms with Crippen molar-refractivity contribution in [1.29, 1.82) is 0 Å². The van der Waals surface area contributed by atoms with E-state index in [1.165, 1.54) is 19.2 Å². The number of carbonyl (C=O) groups excluding carboxylic acids is 1. The normalized spacial score (nSPS) is 18.0. The van der Waals surface area contributed by atoms with Gasteiger partial charge >= 0.3 is 0 Å². The van der Waals surface area contributed by atoms with Gasteiger partial charge < -0.3 is 10.6 Å². The average Bonchev–Trinajstić information content (AvgIpc) is 3.24. The molecular weight excluding hydrogens is 366 g/mol. The molecule has 1 amide bonds. The number of rotatable bonds is 6. The van der Waals surface area contributed by atoms with Gasteiger partial charge in [0.25, 0.3) is 0 Å². The number of piperidine rings is 1. The van der Waals surface area contributed by atoms with Gasteiger partial charge in [-0.3, -0.25) is 9.48 Å². The minimum Gasteiger partial charge on any atom is -0.347 e. The summed E-state index contributed by atoms with van der Waals surface area (Å²) in [6, 6.07) is 8.08. The minimum absolute atomic E-state index is 0.0767. The van der Waals surface area contributed by atoms with Crippen molar-refractivity contribution in [3.05, 3.63) is 48.3 Å². The quantitative estimate of drug-likeness (QED) is 0.674. The van der Waals surface area contributed by atoms with Crippen LogP contribution in [0.25, 0.3) is 0 Å². The third-order valence-corrected chi connectivity index (χ3v) is 6.53. The summed E-state index contributed by atoms with van der Waals surface area (Å²) in [6.45, 7) is 3.38. The van der Waals surface area contributed by atoms with E-state index >= 15 is 0 Å². The number of amides is 1. The molecule has 0 spiro atoms. The standard InChI is InChI=1S/C18H25N5O3S/c1-14(15-4-6-16(7-5-15)27(25,26)19-2)22-17(24)18(8-11-20-12-9-18)23-13-3-10-21-23/h3-7,10,13-14,19-20H,8-9,11-12H2,1-2H3,(H,22,24). The van der Waals surface area contributed by atoms with Crippen LogP contribution >= 0.6 is 0 Å². The number of sulfonamides is 1. The largest absolute Gasteiger partial charge is 0.347 e. The van der Waals surface area contributed by atoms with E-state index < -0.39 is 15.6 Å². The Morgan fingerprint density at radius 3 is 2.48 bits per heavy atom. The van der Waals surface area contributed by atoms with Gasteiger partial charge in [-0.1, -0.05) is 12.1 Å². The van der Waals surface area contributed by atoms with Gasteiger partial charge in [0.1, 0.15) is 5.54 Å². The van der Waals surface area contributed by atoms with Crippen molar-refractivity contribution in [3.63, 3.8) is 0 Å². The molecule has 0 saturated carbocycles. The van der Waals surface area contributed by atoms with Crippen LogP contribution in [0.1, 0.15) is 31.4 Å². The van der Waals surface area contributed by atoms with Crippen LogP contribution in [0.2, 0.25) is 0 Å². The zero-order valence-electron chi connectivity index (χ0n) is 15.5. The Labute approximate surface area is 159 Å². The number of carbonyl (C=O) groups is 1. The molecule has 1 aromatic carbocycles. The summed E-state index contributed by atoms with van der Waals surface area (Å²) in [6.07, 6.45) is 4.83. The highest BCUT2D eigenvalue weighted by Crippen LogP contribution is 2.28. The predicted octanol–water partition coefficient (Wildman–Crippen LogP) is 0.747. The van der Waals surface area contributed by atoms with E-state index in [-0.39, 0.29) is 16.8 Å². The van der Waals surface area contributed by atoms with Crippen LogP contribution in [0.15, 0.2) is 47.6 Å². The molecule has 1 aromatic heterocycles. The summed E-state index contributed by atoms with van der Waals surface area (Å²) in [5.74, 6) is -0.0767. The minimum atomic E-state index is -3.48. The fourth-order valence-electron chi connectivity index (χ4n) is 3.39. The highest BCUT2D eigenvalue weighted by atomic mass is 32.2. The first kappa shape index (κ1) is 19.5. The van der Waals surface area contributed by atoms with Gasteiger partial charge in [-0.15, -0.1) is 0 Å². The molecule has 3 N–H and O–H groups in total. The lowest BCUT2D eigenvalue weighted by Crippen LogP contribution is -2.55. The Bertz CT molecular complexity index is 872. The molecular formula is C18H25N5O3S. The molecule has 3 rings (SSSR count). The Morgan fingerprint density at radius 1 is 1.26 bits per heavy atom. The molecule has 27 heavy (non-hydrogen) atoms. The van der Waals surface area contributed by atoms with Crippen molar-refractivity contribution in [3.8, 4) is 0 Å². The van der Waals surface area contributed by atoms with E-state index in [2.05, 4.69) is 20.5 Å². The van der Waals surface area contributed by atoms with Gasteiger partial charge in [-0.25, -0.2) is 13.1 Å². The first-order chi connectivity index (χ1) is 12.9. The molecule has 1 unspecified atom stereocenters. The molecule has 0 aliphatic carbocycles. The molecule has 1 fully saturated rings. The van der Waals surface area contributed by atoms with Crippen LogP contribution in [0.5, 0.6) is 0 Å². The van der Waals surface area contributed by atoms with Crippen molar-refractivity contribution in [1.82, 2.24) is 25.1 Å². The molecule has 1 aliphatic rings. The van der Waals surface area contributed by atoms with Gasteiger partial charge in [-0.2, -0.15) is 5.10 Å². The van der Waals surface area contributed by atoms with Gasteiger partial charge in [0.2, 0.25) is 15.9 Å². The topological polar surface area (TPSA) is 105 Å². The van der Waals surface area contributed by atoms with E-state index in [0.717, 1.165) is 18.7 Å². The Balaban J connectivity index is 1.78. The Morgan fingerprint density at radius 2 is 1.93 bits per heavy atom. The lowest BCUT2D eigenvalue weighted by atomic mass is 9.87. The number of benzene rings is 1. The van der Waals surface area contributed by atoms with E-state index in [9.17, 15) is 13.2 Å². The summed E-state index contributed by atoms with van der Waals surface area (Å²) in [5, 5.41) is 10.7. The van der Waals surface area contributed by atoms with E-state index in [1.54, 1.807) is 23.0 Å². The van der Waals surface area contributed by atoms with Gasteiger partial charge in [0.15, 0.2) is 0 Å². The monoisotopic (exact) mass is 391 g/mol. The molecule has 1 atom stereocenters. The lowest BCUT2D eigenvalue weighted by Gasteiger charge is -2.37. The molecule has 2 heterocycles. The van der Waals surface area contributed by atoms with Crippen LogP contribution in [-0.2, 0) is 20.4 Å². The smallest absolute Gasteiger partial charge is 0.248 e. The van der Waals surface area contributed by atoms with E-state index in [0.29, 0.717) is 12.8 Å². The summed E-state index contributed by atoms with van der Waals surface area (Å²) in [7, 11) is -2.10. The van der Waals surface area contributed by atoms with Gasteiger partial charge in [0, 0.05) is 12.4 Å². The van der Waals surface area contributed by atoms with E-state index in [1.807, 2.05) is 19.2 Å². The summed E-state index contributed by atoms with van der Waals surface area (Å²) >= 11 is 0. The summed E-state index contributed by atoms with van der Waals surface area (Å²) in [4.78, 5) is 13.4. The first-order valence-corrected chi connectivity index (χ1v) is 10.4. The number of nitrogens with zero attached hydrogens (tertiary/aromatic N) is 2. The third-order valence-electron chi connectivity index (χ3n) is 5.10. The molecule has 1 aliphatic heterocycles. The van der Waals surface area contributed by atoms with Gasteiger partial charge in [-0.05, 0) is 63.7 Å². The number of aromatic nitrogens is 2. The second-order valence-corrected chi connectivity index (χ2v) is 8.59. The predicted molar refractivity (Wildman–Crippen MR) is 102 cm³/mol. The SMILES string of the molecule is CNS(=O)(=O)c1ccc(C(C)NC(=O)C2(n3cccn3)CCNCC2)cc1. The average molecular weight is 391 g/mol. The summed E-state index contributed by atoms with van der Waals surface area (Å²) < 4.78 is 27.7. The molecule has 0 radical (unpaired) electrons. The highest BCUT2D eigenvalue weighted by Gasteiger charge is 2.42. The maximum absolute atomic E-state index is 13.2. The zero-order chi connectivity index (χ0) is 19.5. The number of hydrogen-bond acceptors (Lipinski definition) is 5. The Kier molecular flexibility index (Phi) is 5.64. The van der Waals surface area contributed by atoms with Crippen molar-refractivity contribution >= 4 is 15.9 Å². The fourth-order valence-corrected chi connectivity index (χ4v) is 4.12. The van der Waals surface area contributed by atoms with Crippen LogP contribution in [0.3, 0.4) is 0 Å². The maximum atomic E-state index is 13.2. The van der Waals surface area contributed by atoms with Crippen molar-refractivity contribution < 1.29 is 13.2 Å². The molecule has 2 aromatic rings. The molecule has 0 bridgehead atoms. The van der Waals surface area contributed by atoms with Gasteiger partial charge in [0.05, 0.1) is 10.9 Å². The highest BCUT2D eigenvalue weighted by molar-refractivity contribution is 7.89. The van der Waals surface area contributed by atoms with Crippen molar-refractivity contribution in [2.45, 2.75) is 36.2 Å². The molecule has 1 saturated heterocycles. The maximum Gasteiger partial charge on any atom is 0.248 e. The van der Waals surface area contributed by atoms with Crippen LogP contribution < -0.4 is 15.4 Å². The summed E-state index contributed by atoms with van der Waals surface area (Å²) in [5.41, 5.74) is 0.126. The second kappa shape index (κ2) is 7.79. The van der Waals surface area contributed by atoms with Crippen LogP contribution in [0.4, 0.5) is 0 Å². The molecule has 146 valence electrons. The third kappa shape index (κ3) is 3.90. The van der Waals surface area contributed by atoms with Crippen molar-refractivity contribution in [2.75, 3.05) is 20.1 Å². The lowest BCUT2D eigenvalue weighted by molar-refractivity contribution is -0.132.